The quantitative estimate of drug-likeness (QED) is 0.474. The molecule has 0 heterocycles. The van der Waals surface area contributed by atoms with Gasteiger partial charge in [-0.05, 0) is 46.5 Å². The summed E-state index contributed by atoms with van der Waals surface area (Å²) in [6.07, 6.45) is 0. The molecule has 4 aromatic rings. The van der Waals surface area contributed by atoms with Crippen molar-refractivity contribution in [2.45, 2.75) is 0 Å². The van der Waals surface area contributed by atoms with Crippen molar-refractivity contribution in [2.24, 2.45) is 0 Å². The molecule has 0 spiro atoms. The molecule has 26 heavy (non-hydrogen) atoms. The van der Waals surface area contributed by atoms with Crippen molar-refractivity contribution in [2.75, 3.05) is 0 Å². The van der Waals surface area contributed by atoms with Crippen molar-refractivity contribution >= 4 is 0 Å². The smallest absolute Gasteiger partial charge is 0.124 e. The Morgan fingerprint density at radius 1 is 0.385 bits per heavy atom. The Bertz CT molecular complexity index is 951. The molecule has 0 fully saturated rings. The zero-order chi connectivity index (χ0) is 17.9. The van der Waals surface area contributed by atoms with E-state index < -0.39 is 0 Å². The zero-order valence-electron chi connectivity index (χ0n) is 14.1. The molecule has 0 bridgehead atoms. The van der Waals surface area contributed by atoms with Gasteiger partial charge in [-0.25, -0.2) is 0 Å². The summed E-state index contributed by atoms with van der Waals surface area (Å²) in [5.74, 6) is 0.295. The van der Waals surface area contributed by atoms with E-state index in [9.17, 15) is 10.2 Å². The SMILES string of the molecule is Oc1cc(-c2ccccc2)ccc1-c1ccc(-c2ccccc2)cc1O. The summed E-state index contributed by atoms with van der Waals surface area (Å²) in [6, 6.07) is 30.8. The molecule has 0 radical (unpaired) electrons. The third-order valence-corrected chi connectivity index (χ3v) is 4.50. The second kappa shape index (κ2) is 6.77. The molecule has 0 aliphatic rings. The number of phenolic OH excluding ortho intramolecular Hbond substituents is 2. The van der Waals surface area contributed by atoms with Gasteiger partial charge in [-0.3, -0.25) is 0 Å². The summed E-state index contributed by atoms with van der Waals surface area (Å²) in [7, 11) is 0. The maximum absolute atomic E-state index is 10.5. The number of aromatic hydroxyl groups is 2. The summed E-state index contributed by atoms with van der Waals surface area (Å²) in [5, 5.41) is 21.0. The van der Waals surface area contributed by atoms with E-state index in [1.54, 1.807) is 12.1 Å². The van der Waals surface area contributed by atoms with Gasteiger partial charge < -0.3 is 10.2 Å². The van der Waals surface area contributed by atoms with Gasteiger partial charge in [0.2, 0.25) is 0 Å². The van der Waals surface area contributed by atoms with Gasteiger partial charge in [0, 0.05) is 11.1 Å². The van der Waals surface area contributed by atoms with Gasteiger partial charge in [-0.2, -0.15) is 0 Å². The molecule has 2 heteroatoms. The number of hydrogen-bond acceptors (Lipinski definition) is 2. The van der Waals surface area contributed by atoms with Crippen LogP contribution < -0.4 is 0 Å². The van der Waals surface area contributed by atoms with Gasteiger partial charge >= 0.3 is 0 Å². The van der Waals surface area contributed by atoms with Crippen molar-refractivity contribution in [1.82, 2.24) is 0 Å². The molecular weight excluding hydrogens is 320 g/mol. The van der Waals surface area contributed by atoms with E-state index >= 15 is 0 Å². The van der Waals surface area contributed by atoms with Crippen molar-refractivity contribution in [3.8, 4) is 44.9 Å². The van der Waals surface area contributed by atoms with Gasteiger partial charge in [0.05, 0.1) is 0 Å². The lowest BCUT2D eigenvalue weighted by Crippen LogP contribution is -1.85. The minimum Gasteiger partial charge on any atom is -0.507 e. The molecule has 0 aromatic heterocycles. The number of hydrogen-bond donors (Lipinski definition) is 2. The maximum atomic E-state index is 10.5. The Morgan fingerprint density at radius 3 is 1.12 bits per heavy atom. The second-order valence-electron chi connectivity index (χ2n) is 6.20. The van der Waals surface area contributed by atoms with E-state index in [2.05, 4.69) is 0 Å². The first-order valence-electron chi connectivity index (χ1n) is 8.49. The summed E-state index contributed by atoms with van der Waals surface area (Å²) < 4.78 is 0. The van der Waals surface area contributed by atoms with Crippen LogP contribution in [-0.2, 0) is 0 Å². The predicted octanol–water partition coefficient (Wildman–Crippen LogP) is 6.10. The number of rotatable bonds is 3. The molecule has 0 saturated carbocycles. The highest BCUT2D eigenvalue weighted by Gasteiger charge is 2.11. The Kier molecular flexibility index (Phi) is 4.16. The van der Waals surface area contributed by atoms with Gasteiger partial charge in [0.15, 0.2) is 0 Å². The Morgan fingerprint density at radius 2 is 0.769 bits per heavy atom. The molecule has 0 amide bonds. The van der Waals surface area contributed by atoms with E-state index in [0.29, 0.717) is 11.1 Å². The van der Waals surface area contributed by atoms with Crippen molar-refractivity contribution in [3.05, 3.63) is 97.1 Å². The molecule has 0 aliphatic heterocycles. The van der Waals surface area contributed by atoms with Crippen molar-refractivity contribution in [1.29, 1.82) is 0 Å². The third-order valence-electron chi connectivity index (χ3n) is 4.50. The molecule has 2 N–H and O–H groups in total. The number of phenols is 2. The van der Waals surface area contributed by atoms with Crippen LogP contribution in [0, 0.1) is 0 Å². The molecule has 4 aromatic carbocycles. The van der Waals surface area contributed by atoms with Crippen LogP contribution >= 0.6 is 0 Å². The lowest BCUT2D eigenvalue weighted by molar-refractivity contribution is 0.469. The highest BCUT2D eigenvalue weighted by atomic mass is 16.3. The summed E-state index contributed by atoms with van der Waals surface area (Å²) in [5.41, 5.74) is 5.18. The van der Waals surface area contributed by atoms with Crippen LogP contribution in [0.25, 0.3) is 33.4 Å². The van der Waals surface area contributed by atoms with Crippen molar-refractivity contribution < 1.29 is 10.2 Å². The lowest BCUT2D eigenvalue weighted by Gasteiger charge is -2.11. The highest BCUT2D eigenvalue weighted by Crippen LogP contribution is 2.39. The highest BCUT2D eigenvalue weighted by molar-refractivity contribution is 5.81. The molecule has 0 saturated heterocycles. The Balaban J connectivity index is 1.72. The van der Waals surface area contributed by atoms with Crippen LogP contribution in [0.5, 0.6) is 11.5 Å². The summed E-state index contributed by atoms with van der Waals surface area (Å²) in [4.78, 5) is 0. The first-order chi connectivity index (χ1) is 12.7. The van der Waals surface area contributed by atoms with E-state index in [4.69, 9.17) is 0 Å². The normalized spacial score (nSPS) is 10.6. The van der Waals surface area contributed by atoms with Gasteiger partial charge in [-0.15, -0.1) is 0 Å². The van der Waals surface area contributed by atoms with Gasteiger partial charge in [0.1, 0.15) is 11.5 Å². The van der Waals surface area contributed by atoms with Gasteiger partial charge in [-0.1, -0.05) is 72.8 Å². The van der Waals surface area contributed by atoms with Crippen LogP contribution in [0.1, 0.15) is 0 Å². The standard InChI is InChI=1S/C24H18O2/c25-23-15-19(17-7-3-1-4-8-17)11-13-21(23)22-14-12-20(16-24(22)26)18-9-5-2-6-10-18/h1-16,25-26H. The maximum Gasteiger partial charge on any atom is 0.124 e. The van der Waals surface area contributed by atoms with E-state index in [0.717, 1.165) is 22.3 Å². The molecular formula is C24H18O2. The minimum atomic E-state index is 0.147. The minimum absolute atomic E-state index is 0.147. The number of benzene rings is 4. The molecule has 0 aliphatic carbocycles. The fraction of sp³-hybridized carbons (Fsp3) is 0. The molecule has 0 unspecified atom stereocenters. The zero-order valence-corrected chi connectivity index (χ0v) is 14.1. The monoisotopic (exact) mass is 338 g/mol. The van der Waals surface area contributed by atoms with Crippen LogP contribution in [-0.4, -0.2) is 10.2 Å². The largest absolute Gasteiger partial charge is 0.507 e. The van der Waals surface area contributed by atoms with E-state index in [1.807, 2.05) is 84.9 Å². The van der Waals surface area contributed by atoms with Crippen LogP contribution in [0.4, 0.5) is 0 Å². The molecule has 126 valence electrons. The van der Waals surface area contributed by atoms with Crippen LogP contribution in [0.3, 0.4) is 0 Å². The Hall–Kier alpha value is -3.52. The van der Waals surface area contributed by atoms with Gasteiger partial charge in [0.25, 0.3) is 0 Å². The fourth-order valence-corrected chi connectivity index (χ4v) is 3.14. The fourth-order valence-electron chi connectivity index (χ4n) is 3.14. The van der Waals surface area contributed by atoms with E-state index in [-0.39, 0.29) is 11.5 Å². The lowest BCUT2D eigenvalue weighted by atomic mass is 9.96. The molecule has 4 rings (SSSR count). The van der Waals surface area contributed by atoms with Crippen LogP contribution in [0.2, 0.25) is 0 Å². The van der Waals surface area contributed by atoms with Crippen molar-refractivity contribution in [3.63, 3.8) is 0 Å². The predicted molar refractivity (Wildman–Crippen MR) is 106 cm³/mol. The molecule has 0 atom stereocenters. The first-order valence-corrected chi connectivity index (χ1v) is 8.49. The average molecular weight is 338 g/mol. The first kappa shape index (κ1) is 16.0. The topological polar surface area (TPSA) is 40.5 Å². The Labute approximate surface area is 152 Å². The second-order valence-corrected chi connectivity index (χ2v) is 6.20. The molecule has 2 nitrogen and oxygen atoms in total. The van der Waals surface area contributed by atoms with Crippen LogP contribution in [0.15, 0.2) is 97.1 Å². The summed E-state index contributed by atoms with van der Waals surface area (Å²) >= 11 is 0. The third kappa shape index (κ3) is 3.05. The summed E-state index contributed by atoms with van der Waals surface area (Å²) in [6.45, 7) is 0. The average Bonchev–Trinajstić information content (AvgIpc) is 2.69. The van der Waals surface area contributed by atoms with E-state index in [1.165, 1.54) is 0 Å².